The van der Waals surface area contributed by atoms with Crippen LogP contribution in [0, 0.1) is 12.3 Å². The van der Waals surface area contributed by atoms with E-state index < -0.39 is 48.6 Å². The highest BCUT2D eigenvalue weighted by molar-refractivity contribution is 5.89. The molecule has 1 unspecified atom stereocenters. The highest BCUT2D eigenvalue weighted by atomic mass is 16.7. The molecule has 1 aromatic carbocycles. The van der Waals surface area contributed by atoms with Crippen molar-refractivity contribution >= 4 is 17.9 Å². The van der Waals surface area contributed by atoms with E-state index in [0.29, 0.717) is 5.56 Å². The van der Waals surface area contributed by atoms with Crippen LogP contribution in [-0.4, -0.2) is 53.7 Å². The van der Waals surface area contributed by atoms with Gasteiger partial charge in [0.05, 0.1) is 5.56 Å². The summed E-state index contributed by atoms with van der Waals surface area (Å²) >= 11 is 0. The van der Waals surface area contributed by atoms with Gasteiger partial charge in [-0.15, -0.1) is 6.42 Å². The molecule has 0 saturated carbocycles. The van der Waals surface area contributed by atoms with Gasteiger partial charge in [0.2, 0.25) is 12.4 Å². The van der Waals surface area contributed by atoms with Gasteiger partial charge in [0.15, 0.2) is 5.60 Å². The van der Waals surface area contributed by atoms with Crippen LogP contribution < -0.4 is 0 Å². The van der Waals surface area contributed by atoms with Crippen molar-refractivity contribution in [2.24, 2.45) is 0 Å². The summed E-state index contributed by atoms with van der Waals surface area (Å²) in [6.07, 6.45) is 1.22. The molecule has 1 aliphatic heterocycles. The van der Waals surface area contributed by atoms with Gasteiger partial charge in [-0.2, -0.15) is 0 Å². The molecule has 2 rings (SSSR count). The largest absolute Gasteiger partial charge is 0.459 e. The molecule has 0 aliphatic carbocycles. The number of hydrogen-bond acceptors (Lipinski definition) is 8. The molecular weight excluding hydrogens is 344 g/mol. The summed E-state index contributed by atoms with van der Waals surface area (Å²) in [7, 11) is 0. The Morgan fingerprint density at radius 1 is 1.19 bits per heavy atom. The molecule has 8 nitrogen and oxygen atoms in total. The summed E-state index contributed by atoms with van der Waals surface area (Å²) in [6, 6.07) is 8.16. The maximum atomic E-state index is 12.0. The van der Waals surface area contributed by atoms with Crippen molar-refractivity contribution in [3.8, 4) is 12.3 Å². The third-order valence-electron chi connectivity index (χ3n) is 3.65. The van der Waals surface area contributed by atoms with Crippen molar-refractivity contribution in [3.05, 3.63) is 35.9 Å². The highest BCUT2D eigenvalue weighted by Crippen LogP contribution is 2.34. The van der Waals surface area contributed by atoms with E-state index in [0.717, 1.165) is 13.8 Å². The summed E-state index contributed by atoms with van der Waals surface area (Å²) in [5.41, 5.74) is -1.86. The van der Waals surface area contributed by atoms with Crippen LogP contribution >= 0.6 is 0 Å². The Labute approximate surface area is 150 Å². The van der Waals surface area contributed by atoms with Gasteiger partial charge in [0.1, 0.15) is 12.7 Å². The summed E-state index contributed by atoms with van der Waals surface area (Å²) in [6.45, 7) is 1.78. The Hall–Kier alpha value is -2.89. The fraction of sp³-hybridized carbons (Fsp3) is 0.389. The van der Waals surface area contributed by atoms with E-state index in [-0.39, 0.29) is 0 Å². The number of terminal acetylenes is 1. The highest BCUT2D eigenvalue weighted by Gasteiger charge is 2.59. The van der Waals surface area contributed by atoms with Gasteiger partial charge in [-0.25, -0.2) is 4.79 Å². The van der Waals surface area contributed by atoms with Crippen LogP contribution in [0.1, 0.15) is 24.2 Å². The van der Waals surface area contributed by atoms with Gasteiger partial charge in [0, 0.05) is 13.8 Å². The number of rotatable bonds is 5. The first-order chi connectivity index (χ1) is 12.3. The predicted octanol–water partition coefficient (Wildman–Crippen LogP) is 0.427. The number of ether oxygens (including phenoxy) is 4. The zero-order valence-electron chi connectivity index (χ0n) is 14.2. The fourth-order valence-electron chi connectivity index (χ4n) is 2.46. The van der Waals surface area contributed by atoms with Crippen LogP contribution in [0.3, 0.4) is 0 Å². The lowest BCUT2D eigenvalue weighted by Crippen LogP contribution is -2.51. The molecule has 138 valence electrons. The van der Waals surface area contributed by atoms with E-state index in [1.165, 1.54) is 0 Å². The molecule has 1 saturated heterocycles. The zero-order valence-corrected chi connectivity index (χ0v) is 14.2. The quantitative estimate of drug-likeness (QED) is 0.456. The minimum Gasteiger partial charge on any atom is -0.459 e. The molecule has 1 fully saturated rings. The van der Waals surface area contributed by atoms with Crippen LogP contribution in [0.4, 0.5) is 0 Å². The second kappa shape index (κ2) is 7.99. The second-order valence-electron chi connectivity index (χ2n) is 5.57. The first-order valence-corrected chi connectivity index (χ1v) is 7.70. The number of carbonyl (C=O) groups excluding carboxylic acids is 3. The topological polar surface area (TPSA) is 108 Å². The smallest absolute Gasteiger partial charge is 0.338 e. The molecule has 0 amide bonds. The molecule has 0 radical (unpaired) electrons. The molecule has 26 heavy (non-hydrogen) atoms. The van der Waals surface area contributed by atoms with Gasteiger partial charge in [0.25, 0.3) is 0 Å². The lowest BCUT2D eigenvalue weighted by Gasteiger charge is -2.27. The predicted molar refractivity (Wildman–Crippen MR) is 86.5 cm³/mol. The summed E-state index contributed by atoms with van der Waals surface area (Å²) < 4.78 is 20.4. The summed E-state index contributed by atoms with van der Waals surface area (Å²) in [5.74, 6) is -0.0617. The van der Waals surface area contributed by atoms with Crippen molar-refractivity contribution in [1.82, 2.24) is 0 Å². The average Bonchev–Trinajstić information content (AvgIpc) is 2.85. The van der Waals surface area contributed by atoms with Gasteiger partial charge in [-0.05, 0) is 12.1 Å². The minimum absolute atomic E-state index is 0.294. The van der Waals surface area contributed by atoms with E-state index in [9.17, 15) is 19.5 Å². The SMILES string of the molecule is C#C[C@@]1(O)[C@@H](COC(=O)c2ccccc2)OC(OC(C)=O)[C@@H]1OC(C)=O. The summed E-state index contributed by atoms with van der Waals surface area (Å²) in [4.78, 5) is 34.6. The molecule has 1 N–H and O–H groups in total. The van der Waals surface area contributed by atoms with Crippen LogP contribution in [0.25, 0.3) is 0 Å². The number of esters is 3. The van der Waals surface area contributed by atoms with Crippen molar-refractivity contribution < 1.29 is 38.4 Å². The third kappa shape index (κ3) is 4.20. The standard InChI is InChI=1S/C18H18O8/c1-4-18(22)14(10-23-16(21)13-8-6-5-7-9-13)26-17(25-12(3)20)15(18)24-11(2)19/h1,5-9,14-15,17,22H,10H2,2-3H3/t14-,15+,17?,18-/m1/s1. The third-order valence-corrected chi connectivity index (χ3v) is 3.65. The van der Waals surface area contributed by atoms with Gasteiger partial charge in [-0.1, -0.05) is 24.1 Å². The lowest BCUT2D eigenvalue weighted by atomic mass is 9.93. The Morgan fingerprint density at radius 2 is 1.81 bits per heavy atom. The number of aliphatic hydroxyl groups is 1. The lowest BCUT2D eigenvalue weighted by molar-refractivity contribution is -0.196. The second-order valence-corrected chi connectivity index (χ2v) is 5.57. The monoisotopic (exact) mass is 362 g/mol. The van der Waals surface area contributed by atoms with Crippen molar-refractivity contribution in [2.45, 2.75) is 37.9 Å². The molecule has 8 heteroatoms. The normalized spacial score (nSPS) is 27.2. The first kappa shape index (κ1) is 19.4. The molecular formula is C18H18O8. The molecule has 1 aliphatic rings. The molecule has 0 spiro atoms. The van der Waals surface area contributed by atoms with Gasteiger partial charge in [-0.3, -0.25) is 9.59 Å². The Kier molecular flexibility index (Phi) is 5.97. The van der Waals surface area contributed by atoms with Crippen molar-refractivity contribution in [3.63, 3.8) is 0 Å². The van der Waals surface area contributed by atoms with Crippen molar-refractivity contribution in [2.75, 3.05) is 6.61 Å². The van der Waals surface area contributed by atoms with Crippen LogP contribution in [0.2, 0.25) is 0 Å². The number of benzene rings is 1. The minimum atomic E-state index is -2.15. The first-order valence-electron chi connectivity index (χ1n) is 7.70. The van der Waals surface area contributed by atoms with E-state index in [1.807, 2.05) is 0 Å². The molecule has 1 heterocycles. The van der Waals surface area contributed by atoms with E-state index in [2.05, 4.69) is 5.92 Å². The molecule has 0 aromatic heterocycles. The Bertz CT molecular complexity index is 722. The molecule has 1 aromatic rings. The Morgan fingerprint density at radius 3 is 2.35 bits per heavy atom. The van der Waals surface area contributed by atoms with E-state index >= 15 is 0 Å². The fourth-order valence-corrected chi connectivity index (χ4v) is 2.46. The van der Waals surface area contributed by atoms with E-state index in [4.69, 9.17) is 25.4 Å². The number of carbonyl (C=O) groups is 3. The van der Waals surface area contributed by atoms with Gasteiger partial charge >= 0.3 is 17.9 Å². The van der Waals surface area contributed by atoms with Crippen LogP contribution in [0.15, 0.2) is 30.3 Å². The van der Waals surface area contributed by atoms with E-state index in [1.54, 1.807) is 30.3 Å². The van der Waals surface area contributed by atoms with Crippen molar-refractivity contribution in [1.29, 1.82) is 0 Å². The zero-order chi connectivity index (χ0) is 19.3. The Balaban J connectivity index is 2.16. The maximum absolute atomic E-state index is 12.0. The maximum Gasteiger partial charge on any atom is 0.338 e. The van der Waals surface area contributed by atoms with Crippen LogP contribution in [-0.2, 0) is 28.5 Å². The molecule has 4 atom stereocenters. The van der Waals surface area contributed by atoms with Crippen LogP contribution in [0.5, 0.6) is 0 Å². The summed E-state index contributed by atoms with van der Waals surface area (Å²) in [5, 5.41) is 10.7. The van der Waals surface area contributed by atoms with Gasteiger partial charge < -0.3 is 24.1 Å². The number of hydrogen-bond donors (Lipinski definition) is 1. The average molecular weight is 362 g/mol. The molecule has 0 bridgehead atoms.